The fourth-order valence-corrected chi connectivity index (χ4v) is 0.114. The molecule has 0 heterocycles. The molecule has 0 atom stereocenters. The number of allylic oxidation sites excluding steroid dienone is 1. The summed E-state index contributed by atoms with van der Waals surface area (Å²) >= 11 is 0. The van der Waals surface area contributed by atoms with E-state index in [0.717, 1.165) is 0 Å². The summed E-state index contributed by atoms with van der Waals surface area (Å²) in [4.78, 5) is 0. The molecule has 0 saturated heterocycles. The van der Waals surface area contributed by atoms with Crippen LogP contribution in [0.5, 0.6) is 0 Å². The Hall–Kier alpha value is -0.920. The molecule has 0 heteroatoms. The minimum atomic E-state index is 0.517. The molecule has 0 nitrogen and oxygen atoms in total. The summed E-state index contributed by atoms with van der Waals surface area (Å²) in [7, 11) is 0. The maximum Gasteiger partial charge on any atom is -0.0410 e. The Morgan fingerprint density at radius 2 is 2.50 bits per heavy atom. The Kier molecular flexibility index (Phi) is 3.45. The second kappa shape index (κ2) is 4.08. The molecule has 30 valence electrons. The topological polar surface area (TPSA) is 0 Å². The lowest BCUT2D eigenvalue weighted by molar-refractivity contribution is 1.43. The van der Waals surface area contributed by atoms with Crippen LogP contribution < -0.4 is 0 Å². The second-order valence-corrected chi connectivity index (χ2v) is 0.734. The van der Waals surface area contributed by atoms with Gasteiger partial charge >= 0.3 is 0 Å². The van der Waals surface area contributed by atoms with Crippen molar-refractivity contribution in [2.45, 2.75) is 6.42 Å². The van der Waals surface area contributed by atoms with E-state index < -0.39 is 0 Å². The molecule has 0 fully saturated rings. The average Bonchev–Trinajstić information content (AvgIpc) is 1.61. The van der Waals surface area contributed by atoms with Crippen molar-refractivity contribution in [1.29, 1.82) is 0 Å². The maximum absolute atomic E-state index is 4.83. The highest BCUT2D eigenvalue weighted by Gasteiger charge is 1.45. The molecule has 0 unspecified atom stereocenters. The molecule has 0 aliphatic rings. The van der Waals surface area contributed by atoms with E-state index in [1.54, 1.807) is 0 Å². The van der Waals surface area contributed by atoms with Crippen LogP contribution in [0.2, 0.25) is 0 Å². The molecular weight excluding hydrogens is 72.1 g/mol. The predicted molar refractivity (Wildman–Crippen MR) is 25.8 cm³/mol. The van der Waals surface area contributed by atoms with Gasteiger partial charge in [0.25, 0.3) is 0 Å². The first-order valence-corrected chi connectivity index (χ1v) is 1.60. The largest absolute Gasteiger partial charge is 0.338 e. The van der Waals surface area contributed by atoms with E-state index in [1.807, 2.05) is 0 Å². The molecule has 0 aromatic carbocycles. The summed E-state index contributed by atoms with van der Waals surface area (Å²) < 4.78 is 0. The zero-order valence-electron chi connectivity index (χ0n) is 3.49. The molecule has 0 N–H and O–H groups in total. The Morgan fingerprint density at radius 3 is 2.67 bits per heavy atom. The van der Waals surface area contributed by atoms with E-state index in [4.69, 9.17) is 6.42 Å². The van der Waals surface area contributed by atoms with Crippen molar-refractivity contribution in [1.82, 2.24) is 0 Å². The van der Waals surface area contributed by atoms with E-state index in [0.29, 0.717) is 6.42 Å². The number of rotatable bonds is 1. The van der Waals surface area contributed by atoms with Crippen molar-refractivity contribution < 1.29 is 0 Å². The molecule has 0 saturated carbocycles. The smallest absolute Gasteiger partial charge is 0.0410 e. The second-order valence-electron chi connectivity index (χ2n) is 0.734. The minimum Gasteiger partial charge on any atom is -0.338 e. The molecule has 0 spiro atoms. The van der Waals surface area contributed by atoms with Crippen LogP contribution in [0.1, 0.15) is 6.42 Å². The normalized spacial score (nSPS) is 5.17. The van der Waals surface area contributed by atoms with Gasteiger partial charge in [0, 0.05) is 0 Å². The van der Waals surface area contributed by atoms with Crippen molar-refractivity contribution in [2.75, 3.05) is 0 Å². The standard InChI is InChI=1S/C6H5/c1-3-5-6-4-2/h1H,2,5H2/q-1. The quantitative estimate of drug-likeness (QED) is 0.250. The molecule has 0 aromatic rings. The van der Waals surface area contributed by atoms with Gasteiger partial charge in [0.1, 0.15) is 0 Å². The van der Waals surface area contributed by atoms with Crippen LogP contribution in [-0.2, 0) is 0 Å². The molecule has 0 bridgehead atoms. The lowest BCUT2D eigenvalue weighted by atomic mass is 10.4. The Morgan fingerprint density at radius 1 is 1.83 bits per heavy atom. The highest BCUT2D eigenvalue weighted by atomic mass is 13.6. The number of hydrogen-bond donors (Lipinski definition) is 0. The van der Waals surface area contributed by atoms with E-state index in [1.165, 1.54) is 0 Å². The summed E-state index contributed by atoms with van der Waals surface area (Å²) in [5.74, 6) is 2.36. The molecule has 0 amide bonds. The molecule has 0 aliphatic heterocycles. The fraction of sp³-hybridized carbons (Fsp3) is 0.167. The molecule has 0 rings (SSSR count). The van der Waals surface area contributed by atoms with Gasteiger partial charge in [-0.1, -0.05) is 0 Å². The van der Waals surface area contributed by atoms with E-state index >= 15 is 0 Å². The Balaban J connectivity index is 3.16. The third-order valence-corrected chi connectivity index (χ3v) is 0.315. The van der Waals surface area contributed by atoms with Gasteiger partial charge in [-0.15, -0.1) is 12.3 Å². The predicted octanol–water partition coefficient (Wildman–Crippen LogP) is 1.15. The van der Waals surface area contributed by atoms with E-state index in [9.17, 15) is 0 Å². The van der Waals surface area contributed by atoms with Crippen LogP contribution in [0, 0.1) is 18.4 Å². The van der Waals surface area contributed by atoms with Crippen LogP contribution in [0.3, 0.4) is 0 Å². The minimum absolute atomic E-state index is 0.517. The first-order valence-electron chi connectivity index (χ1n) is 1.60. The Bertz CT molecular complexity index is 97.7. The monoisotopic (exact) mass is 77.0 g/mol. The summed E-state index contributed by atoms with van der Waals surface area (Å²) in [6.07, 6.45) is 7.95. The van der Waals surface area contributed by atoms with Crippen molar-refractivity contribution in [3.63, 3.8) is 0 Å². The van der Waals surface area contributed by atoms with Crippen molar-refractivity contribution in [3.8, 4) is 12.3 Å². The number of terminal acetylenes is 1. The summed E-state index contributed by atoms with van der Waals surface area (Å²) in [6, 6.07) is 0. The third-order valence-electron chi connectivity index (χ3n) is 0.315. The van der Waals surface area contributed by atoms with Gasteiger partial charge in [0.05, 0.1) is 0 Å². The molecular formula is C6H5-. The lowest BCUT2D eigenvalue weighted by Gasteiger charge is -1.72. The van der Waals surface area contributed by atoms with E-state index in [2.05, 4.69) is 24.3 Å². The van der Waals surface area contributed by atoms with E-state index in [-0.39, 0.29) is 0 Å². The summed E-state index contributed by atoms with van der Waals surface area (Å²) in [6.45, 7) is 3.27. The molecule has 0 aromatic heterocycles. The van der Waals surface area contributed by atoms with Crippen molar-refractivity contribution in [2.24, 2.45) is 0 Å². The number of hydrogen-bond acceptors (Lipinski definition) is 0. The van der Waals surface area contributed by atoms with Gasteiger partial charge in [0.15, 0.2) is 0 Å². The first-order chi connectivity index (χ1) is 2.91. The highest BCUT2D eigenvalue weighted by molar-refractivity contribution is 4.89. The molecule has 0 aliphatic carbocycles. The Labute approximate surface area is 38.2 Å². The summed E-state index contributed by atoms with van der Waals surface area (Å²) in [5.41, 5.74) is 2.43. The van der Waals surface area contributed by atoms with Gasteiger partial charge in [0.2, 0.25) is 0 Å². The van der Waals surface area contributed by atoms with Crippen LogP contribution in [0.15, 0.2) is 12.3 Å². The van der Waals surface area contributed by atoms with Gasteiger partial charge < -0.3 is 5.73 Å². The fourth-order valence-electron chi connectivity index (χ4n) is 0.114. The molecule has 0 radical (unpaired) electrons. The van der Waals surface area contributed by atoms with Crippen LogP contribution >= 0.6 is 0 Å². The maximum atomic E-state index is 4.83. The first kappa shape index (κ1) is 5.08. The average molecular weight is 77.1 g/mol. The van der Waals surface area contributed by atoms with Gasteiger partial charge in [-0.2, -0.15) is 0 Å². The van der Waals surface area contributed by atoms with Crippen LogP contribution in [0.25, 0.3) is 0 Å². The molecule has 6 heavy (non-hydrogen) atoms. The van der Waals surface area contributed by atoms with Crippen molar-refractivity contribution >= 4 is 0 Å². The zero-order chi connectivity index (χ0) is 4.83. The highest BCUT2D eigenvalue weighted by Crippen LogP contribution is 1.68. The van der Waals surface area contributed by atoms with Gasteiger partial charge in [-0.05, 0) is 6.42 Å². The van der Waals surface area contributed by atoms with Crippen molar-refractivity contribution in [3.05, 3.63) is 18.4 Å². The van der Waals surface area contributed by atoms with Gasteiger partial charge in [-0.25, -0.2) is 12.7 Å². The lowest BCUT2D eigenvalue weighted by Crippen LogP contribution is -1.49. The SMILES string of the molecule is C#CC[C-]=C=C. The van der Waals surface area contributed by atoms with Crippen LogP contribution in [-0.4, -0.2) is 0 Å². The zero-order valence-corrected chi connectivity index (χ0v) is 3.49. The summed E-state index contributed by atoms with van der Waals surface area (Å²) in [5, 5.41) is 0. The van der Waals surface area contributed by atoms with Gasteiger partial charge in [-0.3, -0.25) is 0 Å². The third kappa shape index (κ3) is 3.08. The van der Waals surface area contributed by atoms with Crippen LogP contribution in [0.4, 0.5) is 0 Å².